The van der Waals surface area contributed by atoms with Crippen LogP contribution in [0.5, 0.6) is 5.75 Å². The van der Waals surface area contributed by atoms with Gasteiger partial charge in [0.2, 0.25) is 0 Å². The van der Waals surface area contributed by atoms with Gasteiger partial charge in [0.05, 0.1) is 5.02 Å². The smallest absolute Gasteiger partial charge is 0.387 e. The third kappa shape index (κ3) is 4.46. The van der Waals surface area contributed by atoms with Gasteiger partial charge in [0.15, 0.2) is 0 Å². The van der Waals surface area contributed by atoms with Crippen LogP contribution in [-0.4, -0.2) is 23.7 Å². The number of halogens is 3. The molecule has 0 heterocycles. The Morgan fingerprint density at radius 1 is 1.56 bits per heavy atom. The molecule has 100 valence electrons. The SMILES string of the molecule is CC(NCc1ccc(OC(F)F)c(Cl)c1)C(=O)O. The maximum absolute atomic E-state index is 12.0. The Kier molecular flexibility index (Phi) is 5.30. The number of ether oxygens (including phenoxy) is 1. The largest absolute Gasteiger partial charge is 0.480 e. The van der Waals surface area contributed by atoms with Gasteiger partial charge in [0.1, 0.15) is 11.8 Å². The fourth-order valence-electron chi connectivity index (χ4n) is 1.20. The van der Waals surface area contributed by atoms with Gasteiger partial charge in [-0.2, -0.15) is 8.78 Å². The summed E-state index contributed by atoms with van der Waals surface area (Å²) < 4.78 is 28.2. The number of hydrogen-bond acceptors (Lipinski definition) is 3. The van der Waals surface area contributed by atoms with Crippen molar-refractivity contribution in [1.29, 1.82) is 0 Å². The molecule has 0 saturated carbocycles. The van der Waals surface area contributed by atoms with E-state index < -0.39 is 18.6 Å². The lowest BCUT2D eigenvalue weighted by Gasteiger charge is -2.11. The Hall–Kier alpha value is -1.40. The second-order valence-corrected chi connectivity index (χ2v) is 3.99. The molecule has 0 fully saturated rings. The zero-order valence-electron chi connectivity index (χ0n) is 9.49. The van der Waals surface area contributed by atoms with E-state index in [-0.39, 0.29) is 17.3 Å². The second kappa shape index (κ2) is 6.51. The molecule has 0 bridgehead atoms. The van der Waals surface area contributed by atoms with Gasteiger partial charge in [-0.1, -0.05) is 17.7 Å². The maximum atomic E-state index is 12.0. The van der Waals surface area contributed by atoms with Crippen molar-refractivity contribution in [2.45, 2.75) is 26.1 Å². The first-order valence-electron chi connectivity index (χ1n) is 5.09. The van der Waals surface area contributed by atoms with Crippen LogP contribution in [-0.2, 0) is 11.3 Å². The van der Waals surface area contributed by atoms with Gasteiger partial charge < -0.3 is 15.2 Å². The number of hydrogen-bond donors (Lipinski definition) is 2. The first kappa shape index (κ1) is 14.7. The minimum absolute atomic E-state index is 0.0533. The van der Waals surface area contributed by atoms with Crippen LogP contribution < -0.4 is 10.1 Å². The van der Waals surface area contributed by atoms with Crippen LogP contribution in [0.15, 0.2) is 18.2 Å². The van der Waals surface area contributed by atoms with Crippen molar-refractivity contribution in [1.82, 2.24) is 5.32 Å². The molecule has 1 unspecified atom stereocenters. The van der Waals surface area contributed by atoms with E-state index in [1.165, 1.54) is 25.1 Å². The van der Waals surface area contributed by atoms with E-state index in [0.717, 1.165) is 0 Å². The van der Waals surface area contributed by atoms with Crippen LogP contribution in [0.1, 0.15) is 12.5 Å². The molecule has 0 aliphatic rings. The zero-order chi connectivity index (χ0) is 13.7. The number of carbonyl (C=O) groups is 1. The number of nitrogens with one attached hydrogen (secondary N) is 1. The van der Waals surface area contributed by atoms with Gasteiger partial charge in [0.25, 0.3) is 0 Å². The van der Waals surface area contributed by atoms with Crippen LogP contribution in [0.2, 0.25) is 5.02 Å². The summed E-state index contributed by atoms with van der Waals surface area (Å²) in [6.45, 7) is -1.17. The quantitative estimate of drug-likeness (QED) is 0.840. The molecule has 1 atom stereocenters. The van der Waals surface area contributed by atoms with E-state index in [1.807, 2.05) is 0 Å². The molecule has 0 aliphatic carbocycles. The highest BCUT2D eigenvalue weighted by Gasteiger charge is 2.11. The summed E-state index contributed by atoms with van der Waals surface area (Å²) in [5.41, 5.74) is 0.676. The standard InChI is InChI=1S/C11H12ClF2NO3/c1-6(10(16)17)15-5-7-2-3-9(8(12)4-7)18-11(13)14/h2-4,6,11,15H,5H2,1H3,(H,16,17). The van der Waals surface area contributed by atoms with E-state index in [1.54, 1.807) is 0 Å². The van der Waals surface area contributed by atoms with Crippen molar-refractivity contribution in [3.05, 3.63) is 28.8 Å². The third-order valence-corrected chi connectivity index (χ3v) is 2.49. The molecule has 18 heavy (non-hydrogen) atoms. The highest BCUT2D eigenvalue weighted by atomic mass is 35.5. The molecule has 0 aliphatic heterocycles. The Morgan fingerprint density at radius 2 is 2.22 bits per heavy atom. The van der Waals surface area contributed by atoms with E-state index in [2.05, 4.69) is 10.1 Å². The summed E-state index contributed by atoms with van der Waals surface area (Å²) in [6.07, 6.45) is 0. The first-order chi connectivity index (χ1) is 8.40. The topological polar surface area (TPSA) is 58.6 Å². The summed E-state index contributed by atoms with van der Waals surface area (Å²) >= 11 is 5.75. The molecule has 1 aromatic rings. The predicted molar refractivity (Wildman–Crippen MR) is 62.0 cm³/mol. The number of carboxylic acid groups (broad SMARTS) is 1. The number of aliphatic carboxylic acids is 1. The molecule has 1 rings (SSSR count). The summed E-state index contributed by atoms with van der Waals surface area (Å²) in [5.74, 6) is -1.08. The maximum Gasteiger partial charge on any atom is 0.387 e. The molecule has 0 amide bonds. The van der Waals surface area contributed by atoms with E-state index >= 15 is 0 Å². The van der Waals surface area contributed by atoms with E-state index in [0.29, 0.717) is 5.56 Å². The molecule has 4 nitrogen and oxygen atoms in total. The third-order valence-electron chi connectivity index (χ3n) is 2.20. The lowest BCUT2D eigenvalue weighted by molar-refractivity contribution is -0.139. The molecule has 0 spiro atoms. The van der Waals surface area contributed by atoms with Gasteiger partial charge in [0, 0.05) is 6.54 Å². The van der Waals surface area contributed by atoms with Crippen LogP contribution >= 0.6 is 11.6 Å². The average Bonchev–Trinajstić information content (AvgIpc) is 2.28. The van der Waals surface area contributed by atoms with Crippen molar-refractivity contribution >= 4 is 17.6 Å². The highest BCUT2D eigenvalue weighted by molar-refractivity contribution is 6.32. The van der Waals surface area contributed by atoms with E-state index in [9.17, 15) is 13.6 Å². The van der Waals surface area contributed by atoms with Crippen molar-refractivity contribution in [2.75, 3.05) is 0 Å². The Balaban J connectivity index is 2.64. The number of carboxylic acids is 1. The average molecular weight is 280 g/mol. The molecule has 2 N–H and O–H groups in total. The van der Waals surface area contributed by atoms with Gasteiger partial charge in [-0.05, 0) is 24.6 Å². The van der Waals surface area contributed by atoms with Gasteiger partial charge in [-0.3, -0.25) is 4.79 Å². The predicted octanol–water partition coefficient (Wildman–Crippen LogP) is 2.50. The zero-order valence-corrected chi connectivity index (χ0v) is 10.2. The molecule has 0 radical (unpaired) electrons. The van der Waals surface area contributed by atoms with Crippen molar-refractivity contribution < 1.29 is 23.4 Å². The summed E-state index contributed by atoms with van der Waals surface area (Å²) in [6, 6.07) is 3.59. The highest BCUT2D eigenvalue weighted by Crippen LogP contribution is 2.26. The Morgan fingerprint density at radius 3 is 2.72 bits per heavy atom. The van der Waals surface area contributed by atoms with Gasteiger partial charge >= 0.3 is 12.6 Å². The van der Waals surface area contributed by atoms with Crippen molar-refractivity contribution in [3.8, 4) is 5.75 Å². The molecule has 0 saturated heterocycles. The lowest BCUT2D eigenvalue weighted by Crippen LogP contribution is -2.33. The van der Waals surface area contributed by atoms with Crippen molar-refractivity contribution in [3.63, 3.8) is 0 Å². The Bertz CT molecular complexity index is 429. The van der Waals surface area contributed by atoms with Crippen LogP contribution in [0.25, 0.3) is 0 Å². The molecular formula is C11H12ClF2NO3. The molecular weight excluding hydrogens is 268 g/mol. The first-order valence-corrected chi connectivity index (χ1v) is 5.47. The minimum atomic E-state index is -2.93. The monoisotopic (exact) mass is 279 g/mol. The van der Waals surface area contributed by atoms with Crippen LogP contribution in [0.3, 0.4) is 0 Å². The van der Waals surface area contributed by atoms with Gasteiger partial charge in [-0.25, -0.2) is 0 Å². The summed E-state index contributed by atoms with van der Waals surface area (Å²) in [5, 5.41) is 11.5. The summed E-state index contributed by atoms with van der Waals surface area (Å²) in [7, 11) is 0. The molecule has 7 heteroatoms. The number of rotatable bonds is 6. The number of benzene rings is 1. The second-order valence-electron chi connectivity index (χ2n) is 3.58. The van der Waals surface area contributed by atoms with Gasteiger partial charge in [-0.15, -0.1) is 0 Å². The summed E-state index contributed by atoms with van der Waals surface area (Å²) in [4.78, 5) is 10.6. The fourth-order valence-corrected chi connectivity index (χ4v) is 1.45. The molecule has 0 aromatic heterocycles. The fraction of sp³-hybridized carbons (Fsp3) is 0.364. The van der Waals surface area contributed by atoms with E-state index in [4.69, 9.17) is 16.7 Å². The molecule has 1 aromatic carbocycles. The van der Waals surface area contributed by atoms with Crippen LogP contribution in [0.4, 0.5) is 8.78 Å². The van der Waals surface area contributed by atoms with Crippen LogP contribution in [0, 0.1) is 0 Å². The van der Waals surface area contributed by atoms with Crippen molar-refractivity contribution in [2.24, 2.45) is 0 Å². The Labute approximate surface area is 108 Å². The number of alkyl halides is 2. The minimum Gasteiger partial charge on any atom is -0.480 e. The normalized spacial score (nSPS) is 12.5. The lowest BCUT2D eigenvalue weighted by atomic mass is 10.2.